The average molecular weight is 278 g/mol. The summed E-state index contributed by atoms with van der Waals surface area (Å²) >= 11 is 0. The molecule has 1 aromatic rings. The van der Waals surface area contributed by atoms with Crippen LogP contribution in [0.15, 0.2) is 12.4 Å². The Balaban J connectivity index is 1.84. The summed E-state index contributed by atoms with van der Waals surface area (Å²) in [5.41, 5.74) is 0.359. The summed E-state index contributed by atoms with van der Waals surface area (Å²) in [6.45, 7) is 5.15. The lowest BCUT2D eigenvalue weighted by molar-refractivity contribution is 0.0642. The van der Waals surface area contributed by atoms with Crippen LogP contribution < -0.4 is 10.6 Å². The van der Waals surface area contributed by atoms with E-state index in [0.717, 1.165) is 39.0 Å². The first kappa shape index (κ1) is 14.7. The summed E-state index contributed by atoms with van der Waals surface area (Å²) in [7, 11) is 0. The maximum Gasteiger partial charge on any atom is 0.271 e. The largest absolute Gasteiger partial charge is 0.381 e. The van der Waals surface area contributed by atoms with Gasteiger partial charge in [0, 0.05) is 26.3 Å². The average Bonchev–Trinajstić information content (AvgIpc) is 2.52. The molecule has 2 rings (SSSR count). The summed E-state index contributed by atoms with van der Waals surface area (Å²) in [5.74, 6) is 0.983. The van der Waals surface area contributed by atoms with Crippen molar-refractivity contribution in [2.45, 2.75) is 26.2 Å². The van der Waals surface area contributed by atoms with Gasteiger partial charge in [-0.15, -0.1) is 0 Å². The second-order valence-corrected chi connectivity index (χ2v) is 4.98. The number of hydrogen-bond donors (Lipinski definition) is 2. The number of aromatic nitrogens is 2. The number of carbonyl (C=O) groups excluding carboxylic acids is 1. The molecule has 6 nitrogen and oxygen atoms in total. The molecule has 0 aliphatic carbocycles. The third-order valence-corrected chi connectivity index (χ3v) is 3.32. The molecular weight excluding hydrogens is 256 g/mol. The third kappa shape index (κ3) is 4.45. The van der Waals surface area contributed by atoms with E-state index >= 15 is 0 Å². The SMILES string of the molecule is CCCNc1cncc(C(=O)NCC2CCOCC2)n1. The molecule has 1 fully saturated rings. The predicted molar refractivity (Wildman–Crippen MR) is 76.7 cm³/mol. The molecule has 0 unspecified atom stereocenters. The Morgan fingerprint density at radius 2 is 2.20 bits per heavy atom. The second-order valence-electron chi connectivity index (χ2n) is 4.98. The molecule has 0 aromatic carbocycles. The fourth-order valence-corrected chi connectivity index (χ4v) is 2.09. The normalized spacial score (nSPS) is 15.8. The van der Waals surface area contributed by atoms with E-state index < -0.39 is 0 Å². The van der Waals surface area contributed by atoms with Gasteiger partial charge in [-0.25, -0.2) is 4.98 Å². The Morgan fingerprint density at radius 1 is 1.40 bits per heavy atom. The van der Waals surface area contributed by atoms with Gasteiger partial charge in [-0.1, -0.05) is 6.92 Å². The number of anilines is 1. The molecule has 0 bridgehead atoms. The van der Waals surface area contributed by atoms with Gasteiger partial charge in [-0.05, 0) is 25.2 Å². The number of amides is 1. The van der Waals surface area contributed by atoms with E-state index in [2.05, 4.69) is 27.5 Å². The molecule has 1 saturated heterocycles. The molecule has 20 heavy (non-hydrogen) atoms. The molecule has 1 aliphatic rings. The minimum absolute atomic E-state index is 0.163. The Hall–Kier alpha value is -1.69. The van der Waals surface area contributed by atoms with Gasteiger partial charge in [0.15, 0.2) is 0 Å². The Morgan fingerprint density at radius 3 is 2.95 bits per heavy atom. The molecule has 1 aliphatic heterocycles. The van der Waals surface area contributed by atoms with Gasteiger partial charge in [0.05, 0.1) is 12.4 Å². The number of carbonyl (C=O) groups is 1. The standard InChI is InChI=1S/C14H22N4O2/c1-2-5-16-13-10-15-9-12(18-13)14(19)17-8-11-3-6-20-7-4-11/h9-11H,2-8H2,1H3,(H,16,18)(H,17,19). The summed E-state index contributed by atoms with van der Waals surface area (Å²) in [6.07, 6.45) is 6.14. The third-order valence-electron chi connectivity index (χ3n) is 3.32. The molecule has 110 valence electrons. The molecule has 0 atom stereocenters. The summed E-state index contributed by atoms with van der Waals surface area (Å²) in [5, 5.41) is 6.05. The van der Waals surface area contributed by atoms with E-state index in [1.165, 1.54) is 6.20 Å². The van der Waals surface area contributed by atoms with E-state index in [0.29, 0.717) is 24.0 Å². The molecule has 0 spiro atoms. The fourth-order valence-electron chi connectivity index (χ4n) is 2.09. The van der Waals surface area contributed by atoms with Gasteiger partial charge in [0.2, 0.25) is 0 Å². The Kier molecular flexibility index (Phi) is 5.73. The molecular formula is C14H22N4O2. The number of hydrogen-bond acceptors (Lipinski definition) is 5. The van der Waals surface area contributed by atoms with Crippen LogP contribution >= 0.6 is 0 Å². The monoisotopic (exact) mass is 278 g/mol. The number of ether oxygens (including phenoxy) is 1. The molecule has 2 heterocycles. The molecule has 0 saturated carbocycles. The number of nitrogens with one attached hydrogen (secondary N) is 2. The van der Waals surface area contributed by atoms with Crippen LogP contribution in [0.25, 0.3) is 0 Å². The molecule has 1 amide bonds. The quantitative estimate of drug-likeness (QED) is 0.823. The van der Waals surface area contributed by atoms with Gasteiger partial charge < -0.3 is 15.4 Å². The zero-order valence-corrected chi connectivity index (χ0v) is 11.9. The van der Waals surface area contributed by atoms with Crippen molar-refractivity contribution in [3.8, 4) is 0 Å². The maximum atomic E-state index is 12.0. The van der Waals surface area contributed by atoms with Crippen LogP contribution in [-0.2, 0) is 4.74 Å². The van der Waals surface area contributed by atoms with Crippen molar-refractivity contribution in [2.75, 3.05) is 31.6 Å². The van der Waals surface area contributed by atoms with Crippen LogP contribution in [0.2, 0.25) is 0 Å². The van der Waals surface area contributed by atoms with Crippen molar-refractivity contribution in [3.63, 3.8) is 0 Å². The van der Waals surface area contributed by atoms with E-state index in [1.807, 2.05) is 0 Å². The lowest BCUT2D eigenvalue weighted by Gasteiger charge is -2.22. The van der Waals surface area contributed by atoms with Crippen molar-refractivity contribution < 1.29 is 9.53 Å². The number of nitrogens with zero attached hydrogens (tertiary/aromatic N) is 2. The van der Waals surface area contributed by atoms with Crippen LogP contribution in [0.3, 0.4) is 0 Å². The number of rotatable bonds is 6. The van der Waals surface area contributed by atoms with E-state index in [4.69, 9.17) is 4.74 Å². The summed E-state index contributed by atoms with van der Waals surface area (Å²) in [4.78, 5) is 20.4. The summed E-state index contributed by atoms with van der Waals surface area (Å²) in [6, 6.07) is 0. The van der Waals surface area contributed by atoms with Crippen molar-refractivity contribution in [2.24, 2.45) is 5.92 Å². The zero-order chi connectivity index (χ0) is 14.2. The van der Waals surface area contributed by atoms with Crippen LogP contribution in [-0.4, -0.2) is 42.2 Å². The maximum absolute atomic E-state index is 12.0. The highest BCUT2D eigenvalue weighted by Crippen LogP contribution is 2.13. The summed E-state index contributed by atoms with van der Waals surface area (Å²) < 4.78 is 5.30. The zero-order valence-electron chi connectivity index (χ0n) is 11.9. The van der Waals surface area contributed by atoms with Crippen LogP contribution in [0.4, 0.5) is 5.82 Å². The molecule has 1 aromatic heterocycles. The van der Waals surface area contributed by atoms with E-state index in [1.54, 1.807) is 6.20 Å². The minimum Gasteiger partial charge on any atom is -0.381 e. The molecule has 0 radical (unpaired) electrons. The Bertz CT molecular complexity index is 433. The van der Waals surface area contributed by atoms with Crippen LogP contribution in [0, 0.1) is 5.92 Å². The highest BCUT2D eigenvalue weighted by Gasteiger charge is 2.16. The first-order chi connectivity index (χ1) is 9.79. The highest BCUT2D eigenvalue weighted by molar-refractivity contribution is 5.92. The van der Waals surface area contributed by atoms with Crippen molar-refractivity contribution >= 4 is 11.7 Å². The van der Waals surface area contributed by atoms with Crippen LogP contribution in [0.5, 0.6) is 0 Å². The second kappa shape index (κ2) is 7.79. The predicted octanol–water partition coefficient (Wildman–Crippen LogP) is 1.45. The van der Waals surface area contributed by atoms with Crippen molar-refractivity contribution in [1.29, 1.82) is 0 Å². The molecule has 2 N–H and O–H groups in total. The van der Waals surface area contributed by atoms with Gasteiger partial charge >= 0.3 is 0 Å². The lowest BCUT2D eigenvalue weighted by atomic mass is 10.0. The van der Waals surface area contributed by atoms with Gasteiger partial charge in [-0.3, -0.25) is 9.78 Å². The first-order valence-electron chi connectivity index (χ1n) is 7.21. The topological polar surface area (TPSA) is 76.1 Å². The van der Waals surface area contributed by atoms with Crippen molar-refractivity contribution in [3.05, 3.63) is 18.1 Å². The van der Waals surface area contributed by atoms with Gasteiger partial charge in [0.1, 0.15) is 11.5 Å². The Labute approximate surface area is 119 Å². The highest BCUT2D eigenvalue weighted by atomic mass is 16.5. The van der Waals surface area contributed by atoms with E-state index in [-0.39, 0.29) is 5.91 Å². The van der Waals surface area contributed by atoms with Crippen molar-refractivity contribution in [1.82, 2.24) is 15.3 Å². The smallest absolute Gasteiger partial charge is 0.271 e. The molecule has 6 heteroatoms. The van der Waals surface area contributed by atoms with E-state index in [9.17, 15) is 4.79 Å². The van der Waals surface area contributed by atoms with Gasteiger partial charge in [0.25, 0.3) is 5.91 Å². The lowest BCUT2D eigenvalue weighted by Crippen LogP contribution is -2.32. The minimum atomic E-state index is -0.163. The van der Waals surface area contributed by atoms with Gasteiger partial charge in [-0.2, -0.15) is 0 Å². The first-order valence-corrected chi connectivity index (χ1v) is 7.21. The van der Waals surface area contributed by atoms with Crippen LogP contribution in [0.1, 0.15) is 36.7 Å². The fraction of sp³-hybridized carbons (Fsp3) is 0.643.